The molecule has 2 amide bonds. The molecule has 170 valence electrons. The van der Waals surface area contributed by atoms with E-state index in [0.717, 1.165) is 33.6 Å². The zero-order valence-corrected chi connectivity index (χ0v) is 19.5. The van der Waals surface area contributed by atoms with Crippen LogP contribution in [0.4, 0.5) is 11.4 Å². The smallest absolute Gasteiger partial charge is 0.258 e. The van der Waals surface area contributed by atoms with Crippen LogP contribution in [0.5, 0.6) is 0 Å². The van der Waals surface area contributed by atoms with Crippen LogP contribution in [0.1, 0.15) is 32.6 Å². The highest BCUT2D eigenvalue weighted by Gasteiger charge is 2.20. The molecular weight excluding hydrogens is 420 g/mol. The fourth-order valence-corrected chi connectivity index (χ4v) is 3.95. The van der Waals surface area contributed by atoms with Gasteiger partial charge in [-0.2, -0.15) is 0 Å². The molecule has 0 radical (unpaired) electrons. The fourth-order valence-electron chi connectivity index (χ4n) is 3.95. The number of hydrogen-bond acceptors (Lipinski definition) is 2. The average molecular weight is 449 g/mol. The van der Waals surface area contributed by atoms with E-state index in [1.165, 1.54) is 0 Å². The van der Waals surface area contributed by atoms with Crippen molar-refractivity contribution >= 4 is 23.2 Å². The minimum Gasteiger partial charge on any atom is -0.326 e. The lowest BCUT2D eigenvalue weighted by atomic mass is 10.1. The van der Waals surface area contributed by atoms with Crippen molar-refractivity contribution in [3.8, 4) is 0 Å². The number of carbonyl (C=O) groups excluding carboxylic acids is 2. The zero-order chi connectivity index (χ0) is 23.9. The molecule has 0 saturated heterocycles. The molecule has 0 spiro atoms. The molecule has 0 aliphatic heterocycles. The van der Waals surface area contributed by atoms with Gasteiger partial charge >= 0.3 is 0 Å². The summed E-state index contributed by atoms with van der Waals surface area (Å²) in [5.41, 5.74) is 6.11. The van der Waals surface area contributed by atoms with Crippen molar-refractivity contribution in [2.45, 2.75) is 26.8 Å². The van der Waals surface area contributed by atoms with Gasteiger partial charge in [0.05, 0.1) is 13.0 Å². The summed E-state index contributed by atoms with van der Waals surface area (Å²) in [6.45, 7) is 4.37. The fraction of sp³-hybridized carbons (Fsp3) is 0.133. The van der Waals surface area contributed by atoms with Crippen molar-refractivity contribution in [2.75, 3.05) is 10.2 Å². The molecule has 34 heavy (non-hydrogen) atoms. The molecule has 0 bridgehead atoms. The molecule has 0 aliphatic carbocycles. The van der Waals surface area contributed by atoms with Gasteiger partial charge in [0.2, 0.25) is 5.91 Å². The Morgan fingerprint density at radius 2 is 1.44 bits per heavy atom. The number of anilines is 2. The van der Waals surface area contributed by atoms with Crippen molar-refractivity contribution < 1.29 is 9.59 Å². The van der Waals surface area contributed by atoms with E-state index >= 15 is 0 Å². The molecule has 0 aliphatic rings. The summed E-state index contributed by atoms with van der Waals surface area (Å²) >= 11 is 0. The topological polar surface area (TPSA) is 49.4 Å². The summed E-state index contributed by atoms with van der Waals surface area (Å²) in [7, 11) is 0. The van der Waals surface area contributed by atoms with E-state index in [2.05, 4.69) is 5.32 Å². The minimum absolute atomic E-state index is 0.0664. The van der Waals surface area contributed by atoms with Crippen LogP contribution in [0.3, 0.4) is 0 Å². The second kappa shape index (κ2) is 10.6. The highest BCUT2D eigenvalue weighted by Crippen LogP contribution is 2.23. The summed E-state index contributed by atoms with van der Waals surface area (Å²) in [5, 5.41) is 2.96. The third-order valence-corrected chi connectivity index (χ3v) is 5.69. The summed E-state index contributed by atoms with van der Waals surface area (Å²) in [6, 6.07) is 32.9. The third-order valence-electron chi connectivity index (χ3n) is 5.69. The Kier molecular flexibility index (Phi) is 7.19. The van der Waals surface area contributed by atoms with E-state index in [9.17, 15) is 9.59 Å². The van der Waals surface area contributed by atoms with Crippen molar-refractivity contribution in [1.29, 1.82) is 0 Å². The lowest BCUT2D eigenvalue weighted by Gasteiger charge is -2.24. The van der Waals surface area contributed by atoms with Crippen LogP contribution in [-0.4, -0.2) is 11.8 Å². The predicted octanol–water partition coefficient (Wildman–Crippen LogP) is 6.33. The quantitative estimate of drug-likeness (QED) is 0.359. The van der Waals surface area contributed by atoms with Gasteiger partial charge in [-0.25, -0.2) is 0 Å². The van der Waals surface area contributed by atoms with Crippen LogP contribution in [0, 0.1) is 13.8 Å². The molecule has 1 N–H and O–H groups in total. The van der Waals surface area contributed by atoms with Crippen LogP contribution in [0.2, 0.25) is 0 Å². The average Bonchev–Trinajstić information content (AvgIpc) is 2.83. The lowest BCUT2D eigenvalue weighted by Crippen LogP contribution is -2.31. The Balaban J connectivity index is 1.60. The number of aryl methyl sites for hydroxylation is 2. The Morgan fingerprint density at radius 1 is 0.735 bits per heavy atom. The molecule has 4 aromatic rings. The summed E-state index contributed by atoms with van der Waals surface area (Å²) in [5.74, 6) is -0.161. The van der Waals surface area contributed by atoms with Gasteiger partial charge in [-0.3, -0.25) is 9.59 Å². The van der Waals surface area contributed by atoms with Crippen molar-refractivity contribution in [3.05, 3.63) is 131 Å². The van der Waals surface area contributed by atoms with Crippen molar-refractivity contribution in [3.63, 3.8) is 0 Å². The van der Waals surface area contributed by atoms with Gasteiger partial charge in [0, 0.05) is 16.9 Å². The van der Waals surface area contributed by atoms with Crippen LogP contribution in [-0.2, 0) is 17.8 Å². The number of rotatable bonds is 7. The first-order chi connectivity index (χ1) is 16.5. The molecule has 0 aromatic heterocycles. The number of carbonyl (C=O) groups is 2. The maximum atomic E-state index is 13.6. The van der Waals surface area contributed by atoms with Gasteiger partial charge < -0.3 is 10.2 Å². The first-order valence-corrected chi connectivity index (χ1v) is 11.4. The summed E-state index contributed by atoms with van der Waals surface area (Å²) in [4.78, 5) is 28.1. The van der Waals surface area contributed by atoms with Gasteiger partial charge in [0.15, 0.2) is 0 Å². The molecule has 4 aromatic carbocycles. The summed E-state index contributed by atoms with van der Waals surface area (Å²) in [6.07, 6.45) is 0.222. The number of amides is 2. The Bertz CT molecular complexity index is 1300. The normalized spacial score (nSPS) is 10.5. The lowest BCUT2D eigenvalue weighted by molar-refractivity contribution is -0.115. The Labute approximate surface area is 200 Å². The molecule has 0 heterocycles. The van der Waals surface area contributed by atoms with E-state index in [4.69, 9.17) is 0 Å². The van der Waals surface area contributed by atoms with Crippen molar-refractivity contribution in [1.82, 2.24) is 0 Å². The first-order valence-electron chi connectivity index (χ1n) is 11.4. The third kappa shape index (κ3) is 5.78. The molecule has 4 rings (SSSR count). The van der Waals surface area contributed by atoms with Gasteiger partial charge in [-0.15, -0.1) is 0 Å². The number of hydrogen-bond donors (Lipinski definition) is 1. The Hall–Kier alpha value is -4.18. The van der Waals surface area contributed by atoms with Crippen LogP contribution in [0.15, 0.2) is 103 Å². The molecule has 0 unspecified atom stereocenters. The Morgan fingerprint density at radius 3 is 2.21 bits per heavy atom. The van der Waals surface area contributed by atoms with Crippen LogP contribution >= 0.6 is 0 Å². The van der Waals surface area contributed by atoms with Gasteiger partial charge in [-0.05, 0) is 66.4 Å². The standard InChI is InChI=1S/C30H28N2O2/c1-22-10-8-15-26(18-22)31-29(33)20-25-14-9-16-27(19-25)32(21-24-12-4-3-5-13-24)30(34)28-17-7-6-11-23(28)2/h3-19H,20-21H2,1-2H3,(H,31,33). The predicted molar refractivity (Wildman–Crippen MR) is 138 cm³/mol. The van der Waals surface area contributed by atoms with E-state index in [0.29, 0.717) is 12.1 Å². The second-order valence-electron chi connectivity index (χ2n) is 8.46. The number of benzene rings is 4. The maximum Gasteiger partial charge on any atom is 0.258 e. The van der Waals surface area contributed by atoms with Gasteiger partial charge in [0.25, 0.3) is 5.91 Å². The molecular formula is C30H28N2O2. The van der Waals surface area contributed by atoms with E-state index in [1.807, 2.05) is 117 Å². The SMILES string of the molecule is Cc1cccc(NC(=O)Cc2cccc(N(Cc3ccccc3)C(=O)c3ccccc3C)c2)c1. The van der Waals surface area contributed by atoms with Crippen LogP contribution < -0.4 is 10.2 Å². The zero-order valence-electron chi connectivity index (χ0n) is 19.5. The monoisotopic (exact) mass is 448 g/mol. The molecule has 0 fully saturated rings. The first kappa shape index (κ1) is 23.0. The van der Waals surface area contributed by atoms with Crippen molar-refractivity contribution in [2.24, 2.45) is 0 Å². The molecule has 0 atom stereocenters. The summed E-state index contributed by atoms with van der Waals surface area (Å²) < 4.78 is 0. The highest BCUT2D eigenvalue weighted by molar-refractivity contribution is 6.07. The van der Waals surface area contributed by atoms with Gasteiger partial charge in [0.1, 0.15) is 0 Å². The minimum atomic E-state index is -0.0948. The molecule has 4 nitrogen and oxygen atoms in total. The van der Waals surface area contributed by atoms with Gasteiger partial charge in [-0.1, -0.05) is 72.8 Å². The second-order valence-corrected chi connectivity index (χ2v) is 8.46. The molecule has 4 heteroatoms. The molecule has 0 saturated carbocycles. The number of nitrogens with one attached hydrogen (secondary N) is 1. The van der Waals surface area contributed by atoms with E-state index in [-0.39, 0.29) is 18.2 Å². The van der Waals surface area contributed by atoms with E-state index in [1.54, 1.807) is 4.90 Å². The van der Waals surface area contributed by atoms with E-state index < -0.39 is 0 Å². The highest BCUT2D eigenvalue weighted by atomic mass is 16.2. The number of nitrogens with zero attached hydrogens (tertiary/aromatic N) is 1. The largest absolute Gasteiger partial charge is 0.326 e. The maximum absolute atomic E-state index is 13.6. The van der Waals surface area contributed by atoms with Crippen LogP contribution in [0.25, 0.3) is 0 Å².